The molecule has 1 heterocycles. The minimum Gasteiger partial charge on any atom is -0.508 e. The van der Waals surface area contributed by atoms with Gasteiger partial charge in [0.15, 0.2) is 10.5 Å². The fourth-order valence-electron chi connectivity index (χ4n) is 6.01. The van der Waals surface area contributed by atoms with Gasteiger partial charge in [-0.15, -0.1) is 0 Å². The average Bonchev–Trinajstić information content (AvgIpc) is 3.09. The molecule has 1 aliphatic heterocycles. The van der Waals surface area contributed by atoms with Gasteiger partial charge in [-0.25, -0.2) is 4.79 Å². The van der Waals surface area contributed by atoms with Crippen LogP contribution in [0.2, 0.25) is 0 Å². The van der Waals surface area contributed by atoms with Crippen LogP contribution < -0.4 is 21.4 Å². The quantitative estimate of drug-likeness (QED) is 0.0239. The number of carboxylic acid groups (broad SMARTS) is 1. The van der Waals surface area contributed by atoms with Gasteiger partial charge in [0.2, 0.25) is 5.91 Å². The summed E-state index contributed by atoms with van der Waals surface area (Å²) in [5, 5.41) is 30.3. The lowest BCUT2D eigenvalue weighted by Crippen LogP contribution is -2.29. The van der Waals surface area contributed by atoms with Gasteiger partial charge in [-0.3, -0.25) is 14.2 Å². The van der Waals surface area contributed by atoms with E-state index >= 15 is 0 Å². The molecule has 0 saturated heterocycles. The Hall–Kier alpha value is -4.32. The van der Waals surface area contributed by atoms with E-state index < -0.39 is 13.6 Å². The summed E-state index contributed by atoms with van der Waals surface area (Å²) >= 11 is 5.44. The molecule has 0 aromatic heterocycles. The summed E-state index contributed by atoms with van der Waals surface area (Å²) in [6.07, 6.45) is 9.17. The molecule has 0 fully saturated rings. The van der Waals surface area contributed by atoms with Gasteiger partial charge in [-0.1, -0.05) is 38.2 Å². The van der Waals surface area contributed by atoms with Crippen molar-refractivity contribution in [1.29, 1.82) is 0 Å². The first-order valence-electron chi connectivity index (χ1n) is 17.8. The number of fused-ring (bicyclic) bond motifs is 2. The predicted octanol–water partition coefficient (Wildman–Crippen LogP) is 8.86. The van der Waals surface area contributed by atoms with E-state index in [-0.39, 0.29) is 41.2 Å². The molecule has 14 heteroatoms. The van der Waals surface area contributed by atoms with E-state index in [1.165, 1.54) is 30.3 Å². The van der Waals surface area contributed by atoms with Crippen LogP contribution in [0.15, 0.2) is 63.8 Å². The number of hydrogen-bond donors (Lipinski definition) is 5. The molecule has 0 radical (unpaired) electrons. The van der Waals surface area contributed by atoms with Crippen molar-refractivity contribution in [3.05, 3.63) is 70.4 Å². The Morgan fingerprint density at radius 3 is 2.27 bits per heavy atom. The van der Waals surface area contributed by atoms with Gasteiger partial charge in [0.05, 0.1) is 18.3 Å². The lowest BCUT2D eigenvalue weighted by atomic mass is 9.90. The molecule has 280 valence electrons. The fourth-order valence-corrected chi connectivity index (χ4v) is 7.35. The Labute approximate surface area is 308 Å². The van der Waals surface area contributed by atoms with Crippen molar-refractivity contribution in [2.24, 2.45) is 0 Å². The van der Waals surface area contributed by atoms with E-state index in [0.717, 1.165) is 57.8 Å². The van der Waals surface area contributed by atoms with Crippen LogP contribution in [-0.4, -0.2) is 53.1 Å². The lowest BCUT2D eigenvalue weighted by Gasteiger charge is -2.18. The summed E-state index contributed by atoms with van der Waals surface area (Å²) in [5.41, 5.74) is 2.08. The molecule has 1 unspecified atom stereocenters. The standard InChI is InChI=1S/C38H47FN3O8PS/c1-2-49-51(39,48)22-12-7-5-3-4-6-9-13-35(45)40-20-10-8-11-21-41-38(52)42-26-14-17-29(32(23-26)37(46)47)36-30-18-15-27(43)24-33(30)50-34-25-28(44)16-19-31(34)36/h14-19,23-25,43H,2-13,20-22H2,1H3,(H,40,45)(H,46,47)(H2,41,42,52). The van der Waals surface area contributed by atoms with Crippen molar-refractivity contribution >= 4 is 53.5 Å². The van der Waals surface area contributed by atoms with Crippen molar-refractivity contribution in [2.75, 3.05) is 31.2 Å². The van der Waals surface area contributed by atoms with E-state index in [4.69, 9.17) is 16.6 Å². The number of nitrogens with one attached hydrogen (secondary N) is 3. The Bertz CT molecular complexity index is 1920. The van der Waals surface area contributed by atoms with Gasteiger partial charge < -0.3 is 35.1 Å². The van der Waals surface area contributed by atoms with Crippen molar-refractivity contribution in [1.82, 2.24) is 10.6 Å². The lowest BCUT2D eigenvalue weighted by molar-refractivity contribution is -0.121. The molecule has 2 aromatic rings. The number of carbonyl (C=O) groups is 2. The van der Waals surface area contributed by atoms with Gasteiger partial charge >= 0.3 is 13.6 Å². The van der Waals surface area contributed by atoms with Gasteiger partial charge in [0, 0.05) is 53.8 Å². The van der Waals surface area contributed by atoms with Crippen molar-refractivity contribution in [3.8, 4) is 28.2 Å². The highest BCUT2D eigenvalue weighted by Crippen LogP contribution is 2.49. The summed E-state index contributed by atoms with van der Waals surface area (Å²) in [6, 6.07) is 13.8. The maximum atomic E-state index is 13.5. The van der Waals surface area contributed by atoms with E-state index in [1.54, 1.807) is 31.2 Å². The molecule has 11 nitrogen and oxygen atoms in total. The molecular weight excluding hydrogens is 708 g/mol. The molecular formula is C38H47FN3O8PS. The number of aromatic carboxylic acids is 1. The summed E-state index contributed by atoms with van der Waals surface area (Å²) in [4.78, 5) is 36.7. The zero-order chi connectivity index (χ0) is 37.5. The fraction of sp³-hybridized carbons (Fsp3) is 0.421. The van der Waals surface area contributed by atoms with Crippen LogP contribution in [0.25, 0.3) is 33.4 Å². The number of thiocarbonyl (C=S) groups is 1. The molecule has 2 aromatic carbocycles. The number of anilines is 1. The van der Waals surface area contributed by atoms with Crippen LogP contribution in [0, 0.1) is 0 Å². The monoisotopic (exact) mass is 755 g/mol. The number of rotatable bonds is 21. The molecule has 4 rings (SSSR count). The maximum Gasteiger partial charge on any atom is 0.367 e. The highest BCUT2D eigenvalue weighted by atomic mass is 32.1. The number of unbranched alkanes of at least 4 members (excludes halogenated alkanes) is 8. The topological polar surface area (TPSA) is 167 Å². The number of hydrogen-bond acceptors (Lipinski definition) is 8. The summed E-state index contributed by atoms with van der Waals surface area (Å²) in [5.74, 6) is -0.861. The van der Waals surface area contributed by atoms with Crippen LogP contribution >= 0.6 is 19.9 Å². The average molecular weight is 756 g/mol. The third-order valence-corrected chi connectivity index (χ3v) is 10.3. The van der Waals surface area contributed by atoms with Crippen molar-refractivity contribution in [2.45, 2.75) is 77.6 Å². The van der Waals surface area contributed by atoms with Crippen molar-refractivity contribution in [3.63, 3.8) is 0 Å². The van der Waals surface area contributed by atoms with Crippen LogP contribution in [0.3, 0.4) is 0 Å². The number of amides is 1. The first-order chi connectivity index (χ1) is 25.0. The van der Waals surface area contributed by atoms with E-state index in [1.807, 2.05) is 0 Å². The van der Waals surface area contributed by atoms with Crippen LogP contribution in [0.4, 0.5) is 9.88 Å². The molecule has 0 spiro atoms. The minimum atomic E-state index is -3.91. The molecule has 1 atom stereocenters. The first-order valence-corrected chi connectivity index (χ1v) is 19.9. The smallest absolute Gasteiger partial charge is 0.367 e. The summed E-state index contributed by atoms with van der Waals surface area (Å²) in [6.45, 7) is 2.96. The number of aromatic hydroxyl groups is 1. The number of halogens is 1. The zero-order valence-corrected chi connectivity index (χ0v) is 31.1. The second-order valence-electron chi connectivity index (χ2n) is 12.6. The van der Waals surface area contributed by atoms with Crippen LogP contribution in [-0.2, 0) is 13.9 Å². The van der Waals surface area contributed by atoms with Crippen molar-refractivity contribution < 1.29 is 37.5 Å². The zero-order valence-electron chi connectivity index (χ0n) is 29.4. The molecule has 2 aliphatic rings. The molecule has 0 bridgehead atoms. The number of carbonyl (C=O) groups excluding carboxylic acids is 1. The van der Waals surface area contributed by atoms with E-state index in [0.29, 0.717) is 64.4 Å². The first kappa shape index (κ1) is 40.5. The molecule has 1 amide bonds. The van der Waals surface area contributed by atoms with Gasteiger partial charge in [-0.05, 0) is 93.2 Å². The highest BCUT2D eigenvalue weighted by Gasteiger charge is 2.23. The third-order valence-electron chi connectivity index (χ3n) is 8.57. The van der Waals surface area contributed by atoms with Crippen LogP contribution in [0.1, 0.15) is 87.9 Å². The number of carboxylic acids is 1. The number of phenols is 1. The second kappa shape index (κ2) is 20.1. The molecule has 5 N–H and O–H groups in total. The van der Waals surface area contributed by atoms with Gasteiger partial charge in [0.1, 0.15) is 17.1 Å². The molecule has 0 saturated carbocycles. The van der Waals surface area contributed by atoms with Gasteiger partial charge in [-0.2, -0.15) is 4.20 Å². The maximum absolute atomic E-state index is 13.5. The Kier molecular flexibility index (Phi) is 15.6. The Morgan fingerprint density at radius 2 is 1.54 bits per heavy atom. The van der Waals surface area contributed by atoms with E-state index in [9.17, 15) is 33.4 Å². The Balaban J connectivity index is 1.15. The molecule has 1 aliphatic carbocycles. The second-order valence-corrected chi connectivity index (χ2v) is 14.9. The van der Waals surface area contributed by atoms with Gasteiger partial charge in [0.25, 0.3) is 0 Å². The number of benzene rings is 3. The summed E-state index contributed by atoms with van der Waals surface area (Å²) in [7, 11) is -3.91. The Morgan fingerprint density at radius 1 is 0.865 bits per heavy atom. The number of phenolic OH excluding ortho intramolecular Hbond substituents is 1. The predicted molar refractivity (Wildman–Crippen MR) is 206 cm³/mol. The van der Waals surface area contributed by atoms with E-state index in [2.05, 4.69) is 20.5 Å². The minimum absolute atomic E-state index is 0.0127. The highest BCUT2D eigenvalue weighted by molar-refractivity contribution is 7.80. The summed E-state index contributed by atoms with van der Waals surface area (Å²) < 4.78 is 35.5. The van der Waals surface area contributed by atoms with Crippen LogP contribution in [0.5, 0.6) is 5.75 Å². The largest absolute Gasteiger partial charge is 0.508 e. The SMILES string of the molecule is CCOP(=O)(F)CCCCCCCCCC(=O)NCCCCCNC(=S)Nc1ccc(-c2c3ccc(=O)cc-3oc3cc(O)ccc23)c(C(=O)O)c1. The molecule has 52 heavy (non-hydrogen) atoms. The normalized spacial score (nSPS) is 12.4. The third kappa shape index (κ3) is 12.4.